The van der Waals surface area contributed by atoms with Gasteiger partial charge in [-0.3, -0.25) is 14.4 Å². The van der Waals surface area contributed by atoms with Crippen LogP contribution in [0.1, 0.15) is 0 Å². The second kappa shape index (κ2) is 3.91. The van der Waals surface area contributed by atoms with Gasteiger partial charge >= 0.3 is 6.00 Å². The monoisotopic (exact) mass is 277 g/mol. The highest BCUT2D eigenvalue weighted by Crippen LogP contribution is 2.52. The van der Waals surface area contributed by atoms with Gasteiger partial charge in [0, 0.05) is 0 Å². The number of rotatable bonds is 1. The number of amides is 1. The zero-order valence-electron chi connectivity index (χ0n) is 4.65. The van der Waals surface area contributed by atoms with Crippen molar-refractivity contribution < 1.29 is 9.36 Å². The lowest BCUT2D eigenvalue weighted by Gasteiger charge is -2.10. The predicted molar refractivity (Wildman–Crippen MR) is 47.7 cm³/mol. The van der Waals surface area contributed by atoms with E-state index in [9.17, 15) is 9.36 Å². The van der Waals surface area contributed by atoms with Crippen LogP contribution in [0.4, 0.5) is 0 Å². The minimum absolute atomic E-state index is 1.13. The highest BCUT2D eigenvalue weighted by atomic mass is 35.9. The molecule has 1 N–H and O–H groups in total. The fraction of sp³-hybridized carbons (Fsp3) is 0.500. The Bertz CT molecular complexity index is 205. The van der Waals surface area contributed by atoms with Gasteiger partial charge in [0.05, 0.1) is 0 Å². The summed E-state index contributed by atoms with van der Waals surface area (Å²) in [6, 6.07) is 0. The van der Waals surface area contributed by atoms with Crippen molar-refractivity contribution in [3.05, 3.63) is 0 Å². The van der Waals surface area contributed by atoms with E-state index in [1.807, 2.05) is 0 Å². The Morgan fingerprint density at radius 2 is 1.64 bits per heavy atom. The maximum atomic E-state index is 10.6. The molecule has 9 heteroatoms. The van der Waals surface area contributed by atoms with Crippen molar-refractivity contribution in [2.45, 2.75) is 3.79 Å². The average Bonchev–Trinajstić information content (AvgIpc) is 1.56. The van der Waals surface area contributed by atoms with E-state index >= 15 is 0 Å². The number of hydrogen-bond acceptors (Lipinski definition) is 2. The molecular weight excluding hydrogens is 278 g/mol. The molecule has 0 aromatic rings. The van der Waals surface area contributed by atoms with Gasteiger partial charge < -0.3 is 0 Å². The van der Waals surface area contributed by atoms with Crippen LogP contribution in [0.3, 0.4) is 0 Å². The van der Waals surface area contributed by atoms with E-state index in [-0.39, 0.29) is 0 Å². The molecule has 0 bridgehead atoms. The van der Waals surface area contributed by atoms with Crippen LogP contribution in [-0.2, 0) is 9.36 Å². The molecule has 1 amide bonds. The number of carbonyl (C=O) groups excluding carboxylic acids is 1. The van der Waals surface area contributed by atoms with Crippen molar-refractivity contribution >= 4 is 69.2 Å². The normalized spacial score (nSPS) is 12.8. The predicted octanol–water partition coefficient (Wildman–Crippen LogP) is 3.06. The maximum absolute atomic E-state index is 10.6. The zero-order chi connectivity index (χ0) is 9.28. The molecule has 0 aromatic carbocycles. The van der Waals surface area contributed by atoms with Crippen molar-refractivity contribution in [3.63, 3.8) is 0 Å². The summed E-state index contributed by atoms with van der Waals surface area (Å²) in [6.45, 7) is 0. The van der Waals surface area contributed by atoms with Crippen LogP contribution in [0.15, 0.2) is 0 Å². The van der Waals surface area contributed by atoms with Gasteiger partial charge in [-0.15, -0.1) is 0 Å². The molecule has 0 atom stereocenters. The molecule has 0 aliphatic carbocycles. The fourth-order valence-corrected chi connectivity index (χ4v) is 1.39. The molecule has 0 fully saturated rings. The Morgan fingerprint density at radius 3 is 1.73 bits per heavy atom. The van der Waals surface area contributed by atoms with E-state index in [4.69, 9.17) is 57.3 Å². The smallest absolute Gasteiger partial charge is 0.279 e. The molecule has 11 heavy (non-hydrogen) atoms. The van der Waals surface area contributed by atoms with E-state index in [2.05, 4.69) is 0 Å². The molecule has 0 aromatic heterocycles. The number of halogens is 5. The summed E-state index contributed by atoms with van der Waals surface area (Å²) < 4.78 is 8.29. The number of hydrogen-bond donors (Lipinski definition) is 1. The van der Waals surface area contributed by atoms with Gasteiger partial charge in [0.15, 0.2) is 0 Å². The molecule has 3 nitrogen and oxygen atoms in total. The van der Waals surface area contributed by atoms with E-state index in [0.717, 1.165) is 0 Å². The van der Waals surface area contributed by atoms with Crippen molar-refractivity contribution in [2.24, 2.45) is 0 Å². The Labute approximate surface area is 87.3 Å². The Hall–Kier alpha value is 1.15. The molecule has 66 valence electrons. The first-order chi connectivity index (χ1) is 4.63. The number of alkyl halides is 3. The summed E-state index contributed by atoms with van der Waals surface area (Å²) in [4.78, 5) is 10.6. The summed E-state index contributed by atoms with van der Waals surface area (Å²) in [5.74, 6) is -4.86. The third kappa shape index (κ3) is 6.32. The SMILES string of the molecule is O=C(NP(=O)(Cl)Cl)C(Cl)(Cl)Cl. The van der Waals surface area contributed by atoms with Gasteiger partial charge in [-0.2, -0.15) is 0 Å². The first-order valence-corrected chi connectivity index (χ1v) is 6.67. The quantitative estimate of drug-likeness (QED) is 0.592. The topological polar surface area (TPSA) is 46.2 Å². The first-order valence-electron chi connectivity index (χ1n) is 2.02. The molecule has 0 spiro atoms. The van der Waals surface area contributed by atoms with Crippen LogP contribution in [0.5, 0.6) is 0 Å². The Kier molecular flexibility index (Phi) is 4.31. The van der Waals surface area contributed by atoms with E-state index in [1.165, 1.54) is 0 Å². The Balaban J connectivity index is 4.23. The van der Waals surface area contributed by atoms with Crippen molar-refractivity contribution in [1.82, 2.24) is 5.09 Å². The van der Waals surface area contributed by atoms with E-state index in [1.54, 1.807) is 5.09 Å². The minimum Gasteiger partial charge on any atom is -0.279 e. The van der Waals surface area contributed by atoms with E-state index in [0.29, 0.717) is 0 Å². The van der Waals surface area contributed by atoms with Crippen molar-refractivity contribution in [2.75, 3.05) is 0 Å². The van der Waals surface area contributed by atoms with Crippen LogP contribution in [-0.4, -0.2) is 9.70 Å². The fourth-order valence-electron chi connectivity index (χ4n) is 0.182. The maximum Gasteiger partial charge on any atom is 0.345 e. The van der Waals surface area contributed by atoms with Crippen LogP contribution >= 0.6 is 63.3 Å². The molecule has 0 saturated heterocycles. The molecule has 0 rings (SSSR count). The highest BCUT2D eigenvalue weighted by molar-refractivity contribution is 8.07. The average molecular weight is 279 g/mol. The summed E-state index contributed by atoms with van der Waals surface area (Å²) in [5.41, 5.74) is 0. The highest BCUT2D eigenvalue weighted by Gasteiger charge is 2.34. The minimum atomic E-state index is -3.73. The van der Waals surface area contributed by atoms with Gasteiger partial charge in [0.2, 0.25) is 0 Å². The van der Waals surface area contributed by atoms with Gasteiger partial charge in [0.25, 0.3) is 9.70 Å². The van der Waals surface area contributed by atoms with Crippen LogP contribution in [0.25, 0.3) is 0 Å². The Morgan fingerprint density at radius 1 is 1.27 bits per heavy atom. The summed E-state index contributed by atoms with van der Waals surface area (Å²) in [7, 11) is 0. The molecule has 0 radical (unpaired) electrons. The molecule has 0 saturated carbocycles. The third-order valence-corrected chi connectivity index (χ3v) is 1.97. The van der Waals surface area contributed by atoms with E-state index < -0.39 is 15.7 Å². The van der Waals surface area contributed by atoms with Gasteiger partial charge in [0.1, 0.15) is 0 Å². The van der Waals surface area contributed by atoms with Gasteiger partial charge in [-0.25, -0.2) is 0 Å². The lowest BCUT2D eigenvalue weighted by Crippen LogP contribution is -2.30. The molecule has 0 heterocycles. The second-order valence-electron chi connectivity index (χ2n) is 1.40. The van der Waals surface area contributed by atoms with Gasteiger partial charge in [-0.05, 0) is 22.5 Å². The lowest BCUT2D eigenvalue weighted by molar-refractivity contribution is -0.118. The van der Waals surface area contributed by atoms with Crippen LogP contribution in [0, 0.1) is 0 Å². The summed E-state index contributed by atoms with van der Waals surface area (Å²) >= 11 is 25.1. The number of carbonyl (C=O) groups is 1. The second-order valence-corrected chi connectivity index (χ2v) is 8.21. The lowest BCUT2D eigenvalue weighted by atomic mass is 10.7. The van der Waals surface area contributed by atoms with Crippen LogP contribution in [0.2, 0.25) is 0 Å². The third-order valence-electron chi connectivity index (χ3n) is 0.489. The summed E-state index contributed by atoms with van der Waals surface area (Å²) in [5, 5.41) is 1.61. The standard InChI is InChI=1S/C2HCl5NO2P/c3-2(4,5)1(9)8-11(6,7)10/h(H,8,9,10). The van der Waals surface area contributed by atoms with Gasteiger partial charge in [-0.1, -0.05) is 34.8 Å². The number of nitrogens with one attached hydrogen (secondary N) is 1. The zero-order valence-corrected chi connectivity index (χ0v) is 9.33. The van der Waals surface area contributed by atoms with Crippen LogP contribution < -0.4 is 5.09 Å². The molecular formula is C2HCl5NO2P. The summed E-state index contributed by atoms with van der Waals surface area (Å²) in [6.07, 6.45) is 0. The first kappa shape index (κ1) is 12.2. The largest absolute Gasteiger partial charge is 0.345 e. The molecule has 0 unspecified atom stereocenters. The van der Waals surface area contributed by atoms with Crippen molar-refractivity contribution in [1.29, 1.82) is 0 Å². The van der Waals surface area contributed by atoms with Crippen molar-refractivity contribution in [3.8, 4) is 0 Å². The molecule has 0 aliphatic heterocycles. The molecule has 0 aliphatic rings.